The number of hydrogen-bond donors (Lipinski definition) is 2. The van der Waals surface area contributed by atoms with E-state index in [0.29, 0.717) is 15.9 Å². The molecule has 2 N–H and O–H groups in total. The Morgan fingerprint density at radius 1 is 1.25 bits per heavy atom. The highest BCUT2D eigenvalue weighted by molar-refractivity contribution is 9.10. The molecule has 0 aliphatic rings. The van der Waals surface area contributed by atoms with Crippen molar-refractivity contribution in [1.29, 1.82) is 0 Å². The number of carboxylic acids is 1. The van der Waals surface area contributed by atoms with Crippen molar-refractivity contribution < 1.29 is 14.7 Å². The molecule has 1 amide bonds. The highest BCUT2D eigenvalue weighted by Gasteiger charge is 2.11. The Hall–Kier alpha value is -2.21. The third-order valence-corrected chi connectivity index (χ3v) is 3.12. The predicted octanol–water partition coefficient (Wildman–Crippen LogP) is 3.10. The van der Waals surface area contributed by atoms with Crippen LogP contribution in [0, 0.1) is 6.92 Å². The molecule has 0 aliphatic heterocycles. The fourth-order valence-corrected chi connectivity index (χ4v) is 2.00. The first-order chi connectivity index (χ1) is 9.47. The van der Waals surface area contributed by atoms with Gasteiger partial charge in [-0.25, -0.2) is 9.78 Å². The highest BCUT2D eigenvalue weighted by Crippen LogP contribution is 2.16. The van der Waals surface area contributed by atoms with Crippen molar-refractivity contribution in [1.82, 2.24) is 4.98 Å². The minimum Gasteiger partial charge on any atom is -0.478 e. The highest BCUT2D eigenvalue weighted by atomic mass is 79.9. The van der Waals surface area contributed by atoms with Gasteiger partial charge >= 0.3 is 5.97 Å². The van der Waals surface area contributed by atoms with E-state index < -0.39 is 11.9 Å². The van der Waals surface area contributed by atoms with E-state index in [1.165, 1.54) is 6.07 Å². The van der Waals surface area contributed by atoms with E-state index in [1.54, 1.807) is 37.3 Å². The molecule has 6 heteroatoms. The molecule has 1 aromatic carbocycles. The third kappa shape index (κ3) is 3.21. The first kappa shape index (κ1) is 14.2. The summed E-state index contributed by atoms with van der Waals surface area (Å²) < 4.78 is 0.556. The summed E-state index contributed by atoms with van der Waals surface area (Å²) in [7, 11) is 0. The summed E-state index contributed by atoms with van der Waals surface area (Å²) >= 11 is 3.19. The molecule has 1 heterocycles. The van der Waals surface area contributed by atoms with Crippen molar-refractivity contribution in [3.8, 4) is 0 Å². The second-order valence-electron chi connectivity index (χ2n) is 4.13. The largest absolute Gasteiger partial charge is 0.478 e. The van der Waals surface area contributed by atoms with Crippen LogP contribution in [0.2, 0.25) is 0 Å². The molecular formula is C14H11BrN2O3. The van der Waals surface area contributed by atoms with Gasteiger partial charge in [-0.3, -0.25) is 4.79 Å². The maximum atomic E-state index is 12.0. The topological polar surface area (TPSA) is 79.3 Å². The van der Waals surface area contributed by atoms with E-state index in [1.807, 2.05) is 0 Å². The maximum Gasteiger partial charge on any atom is 0.336 e. The Kier molecular flexibility index (Phi) is 4.14. The van der Waals surface area contributed by atoms with E-state index in [0.717, 1.165) is 0 Å². The second kappa shape index (κ2) is 5.83. The lowest BCUT2D eigenvalue weighted by molar-refractivity contribution is 0.0695. The molecule has 0 bridgehead atoms. The Morgan fingerprint density at radius 3 is 2.65 bits per heavy atom. The summed E-state index contributed by atoms with van der Waals surface area (Å²) in [6, 6.07) is 9.71. The average molecular weight is 335 g/mol. The fraction of sp³-hybridized carbons (Fsp3) is 0.0714. The Balaban J connectivity index is 2.24. The van der Waals surface area contributed by atoms with Gasteiger partial charge in [0.15, 0.2) is 0 Å². The van der Waals surface area contributed by atoms with Crippen LogP contribution in [0.3, 0.4) is 0 Å². The van der Waals surface area contributed by atoms with Gasteiger partial charge in [-0.2, -0.15) is 0 Å². The van der Waals surface area contributed by atoms with Crippen LogP contribution in [0.25, 0.3) is 0 Å². The van der Waals surface area contributed by atoms with E-state index >= 15 is 0 Å². The normalized spacial score (nSPS) is 10.1. The minimum atomic E-state index is -1.03. The van der Waals surface area contributed by atoms with Gasteiger partial charge in [0.25, 0.3) is 5.91 Å². The molecule has 0 fully saturated rings. The number of hydrogen-bond acceptors (Lipinski definition) is 3. The molecule has 2 aromatic rings. The lowest BCUT2D eigenvalue weighted by Crippen LogP contribution is -2.14. The zero-order valence-electron chi connectivity index (χ0n) is 10.6. The second-order valence-corrected chi connectivity index (χ2v) is 4.95. The van der Waals surface area contributed by atoms with Crippen LogP contribution in [0.4, 0.5) is 5.69 Å². The number of carboxylic acid groups (broad SMARTS) is 1. The molecule has 0 aliphatic carbocycles. The first-order valence-electron chi connectivity index (χ1n) is 5.75. The van der Waals surface area contributed by atoms with Crippen molar-refractivity contribution in [3.05, 3.63) is 57.8 Å². The third-order valence-electron chi connectivity index (χ3n) is 2.67. The minimum absolute atomic E-state index is 0.157. The van der Waals surface area contributed by atoms with Crippen molar-refractivity contribution in [2.24, 2.45) is 0 Å². The van der Waals surface area contributed by atoms with Crippen molar-refractivity contribution >= 4 is 33.5 Å². The van der Waals surface area contributed by atoms with Crippen LogP contribution in [0.1, 0.15) is 26.4 Å². The van der Waals surface area contributed by atoms with Crippen LogP contribution in [0.15, 0.2) is 41.0 Å². The number of amides is 1. The summed E-state index contributed by atoms with van der Waals surface area (Å²) in [6.07, 6.45) is 0. The molecule has 0 spiro atoms. The lowest BCUT2D eigenvalue weighted by Gasteiger charge is -2.07. The summed E-state index contributed by atoms with van der Waals surface area (Å²) in [4.78, 5) is 27.1. The number of anilines is 1. The van der Waals surface area contributed by atoms with Crippen molar-refractivity contribution in [3.63, 3.8) is 0 Å². The summed E-state index contributed by atoms with van der Waals surface area (Å²) in [5, 5.41) is 11.7. The van der Waals surface area contributed by atoms with Gasteiger partial charge < -0.3 is 10.4 Å². The van der Waals surface area contributed by atoms with Crippen molar-refractivity contribution in [2.75, 3.05) is 5.32 Å². The van der Waals surface area contributed by atoms with Gasteiger partial charge in [-0.05, 0) is 52.7 Å². The van der Waals surface area contributed by atoms with Gasteiger partial charge in [-0.1, -0.05) is 12.1 Å². The van der Waals surface area contributed by atoms with Gasteiger partial charge in [0.2, 0.25) is 0 Å². The van der Waals surface area contributed by atoms with E-state index in [9.17, 15) is 9.59 Å². The van der Waals surface area contributed by atoms with Crippen LogP contribution in [-0.4, -0.2) is 22.0 Å². The Morgan fingerprint density at radius 2 is 2.00 bits per heavy atom. The maximum absolute atomic E-state index is 12.0. The number of nitrogens with one attached hydrogen (secondary N) is 1. The van der Waals surface area contributed by atoms with E-state index in [4.69, 9.17) is 5.11 Å². The molecule has 0 saturated carbocycles. The smallest absolute Gasteiger partial charge is 0.336 e. The number of benzene rings is 1. The molecular weight excluding hydrogens is 324 g/mol. The first-order valence-corrected chi connectivity index (χ1v) is 6.54. The van der Waals surface area contributed by atoms with Gasteiger partial charge in [-0.15, -0.1) is 0 Å². The standard InChI is InChI=1S/C14H11BrN2O3/c1-8-5-6-9(7-10(8)14(19)20)16-13(18)11-3-2-4-12(15)17-11/h2-7H,1H3,(H,16,18)(H,19,20). The molecule has 5 nitrogen and oxygen atoms in total. The number of aryl methyl sites for hydroxylation is 1. The average Bonchev–Trinajstić information content (AvgIpc) is 2.40. The molecule has 0 saturated heterocycles. The van der Waals surface area contributed by atoms with Gasteiger partial charge in [0.05, 0.1) is 5.56 Å². The monoisotopic (exact) mass is 334 g/mol. The number of aromatic nitrogens is 1. The van der Waals surface area contributed by atoms with Crippen LogP contribution in [0.5, 0.6) is 0 Å². The number of halogens is 1. The van der Waals surface area contributed by atoms with Gasteiger partial charge in [0, 0.05) is 5.69 Å². The number of rotatable bonds is 3. The number of carbonyl (C=O) groups excluding carboxylic acids is 1. The van der Waals surface area contributed by atoms with Crippen LogP contribution >= 0.6 is 15.9 Å². The molecule has 2 rings (SSSR count). The van der Waals surface area contributed by atoms with Crippen molar-refractivity contribution in [2.45, 2.75) is 6.92 Å². The summed E-state index contributed by atoms with van der Waals surface area (Å²) in [6.45, 7) is 1.70. The quantitative estimate of drug-likeness (QED) is 0.845. The number of nitrogens with zero attached hydrogens (tertiary/aromatic N) is 1. The van der Waals surface area contributed by atoms with Crippen LogP contribution in [-0.2, 0) is 0 Å². The SMILES string of the molecule is Cc1ccc(NC(=O)c2cccc(Br)n2)cc1C(=O)O. The number of pyridine rings is 1. The molecule has 0 atom stereocenters. The predicted molar refractivity (Wildman–Crippen MR) is 78.0 cm³/mol. The summed E-state index contributed by atoms with van der Waals surface area (Å²) in [5.74, 6) is -1.43. The number of aromatic carboxylic acids is 1. The lowest BCUT2D eigenvalue weighted by atomic mass is 10.1. The Labute approximate surface area is 123 Å². The Bertz CT molecular complexity index is 686. The molecule has 0 radical (unpaired) electrons. The fourth-order valence-electron chi connectivity index (χ4n) is 1.66. The van der Waals surface area contributed by atoms with Crippen LogP contribution < -0.4 is 5.32 Å². The molecule has 20 heavy (non-hydrogen) atoms. The molecule has 102 valence electrons. The van der Waals surface area contributed by atoms with E-state index in [2.05, 4.69) is 26.2 Å². The zero-order valence-corrected chi connectivity index (χ0v) is 12.1. The summed E-state index contributed by atoms with van der Waals surface area (Å²) in [5.41, 5.74) is 1.46. The van der Waals surface area contributed by atoms with Gasteiger partial charge in [0.1, 0.15) is 10.3 Å². The number of carbonyl (C=O) groups is 2. The molecule has 0 unspecified atom stereocenters. The van der Waals surface area contributed by atoms with E-state index in [-0.39, 0.29) is 11.3 Å². The molecule has 1 aromatic heterocycles. The zero-order chi connectivity index (χ0) is 14.7.